The summed E-state index contributed by atoms with van der Waals surface area (Å²) in [5.41, 5.74) is 2.29. The first-order valence-electron chi connectivity index (χ1n) is 10.3. The van der Waals surface area contributed by atoms with Gasteiger partial charge in [0.1, 0.15) is 12.4 Å². The molecule has 2 aromatic rings. The molecule has 5 nitrogen and oxygen atoms in total. The Hall–Kier alpha value is -1.89. The van der Waals surface area contributed by atoms with E-state index in [1.165, 1.54) is 5.56 Å². The van der Waals surface area contributed by atoms with E-state index in [-0.39, 0.29) is 11.0 Å². The van der Waals surface area contributed by atoms with Gasteiger partial charge < -0.3 is 9.47 Å². The van der Waals surface area contributed by atoms with Crippen LogP contribution in [0, 0.1) is 6.92 Å². The van der Waals surface area contributed by atoms with Gasteiger partial charge in [-0.05, 0) is 75.3 Å². The number of aryl methyl sites for hydroxylation is 1. The summed E-state index contributed by atoms with van der Waals surface area (Å²) in [4.78, 5) is 0.227. The van der Waals surface area contributed by atoms with E-state index in [0.717, 1.165) is 37.0 Å². The highest BCUT2D eigenvalue weighted by atomic mass is 32.2. The Morgan fingerprint density at radius 1 is 0.897 bits per heavy atom. The van der Waals surface area contributed by atoms with E-state index in [0.29, 0.717) is 25.7 Å². The predicted octanol–water partition coefficient (Wildman–Crippen LogP) is 4.84. The van der Waals surface area contributed by atoms with Crippen LogP contribution in [0.4, 0.5) is 0 Å². The van der Waals surface area contributed by atoms with Gasteiger partial charge in [0.15, 0.2) is 0 Å². The number of benzene rings is 2. The van der Waals surface area contributed by atoms with Crippen LogP contribution in [0.15, 0.2) is 53.4 Å². The number of rotatable bonds is 9. The molecule has 0 saturated heterocycles. The Morgan fingerprint density at radius 2 is 1.55 bits per heavy atom. The predicted molar refractivity (Wildman–Crippen MR) is 113 cm³/mol. The zero-order chi connectivity index (χ0) is 20.7. The van der Waals surface area contributed by atoms with Crippen molar-refractivity contribution in [3.05, 3.63) is 59.7 Å². The molecule has 0 N–H and O–H groups in total. The zero-order valence-electron chi connectivity index (χ0n) is 17.2. The number of hydrogen-bond donors (Lipinski definition) is 0. The van der Waals surface area contributed by atoms with Crippen LogP contribution in [-0.2, 0) is 19.0 Å². The van der Waals surface area contributed by atoms with Gasteiger partial charge in [0.25, 0.3) is 10.1 Å². The lowest BCUT2D eigenvalue weighted by Gasteiger charge is -2.28. The van der Waals surface area contributed by atoms with Gasteiger partial charge in [-0.25, -0.2) is 0 Å². The molecule has 1 aliphatic carbocycles. The molecule has 0 spiro atoms. The van der Waals surface area contributed by atoms with Crippen LogP contribution in [-0.4, -0.2) is 34.3 Å². The van der Waals surface area contributed by atoms with Gasteiger partial charge in [-0.2, -0.15) is 8.42 Å². The molecule has 0 aromatic heterocycles. The fourth-order valence-corrected chi connectivity index (χ4v) is 4.76. The van der Waals surface area contributed by atoms with Crippen molar-refractivity contribution in [3.8, 4) is 5.75 Å². The molecule has 1 saturated carbocycles. The molecule has 1 aliphatic rings. The van der Waals surface area contributed by atoms with Gasteiger partial charge in [-0.15, -0.1) is 0 Å². The molecule has 0 unspecified atom stereocenters. The maximum Gasteiger partial charge on any atom is 0.297 e. The summed E-state index contributed by atoms with van der Waals surface area (Å²) in [6.07, 6.45) is 3.06. The van der Waals surface area contributed by atoms with Crippen molar-refractivity contribution >= 4 is 10.1 Å². The van der Waals surface area contributed by atoms with E-state index in [1.54, 1.807) is 24.3 Å². The van der Waals surface area contributed by atoms with Crippen LogP contribution in [0.5, 0.6) is 5.75 Å². The van der Waals surface area contributed by atoms with E-state index in [2.05, 4.69) is 12.1 Å². The third-order valence-electron chi connectivity index (χ3n) is 5.30. The molecule has 158 valence electrons. The quantitative estimate of drug-likeness (QED) is 0.431. The summed E-state index contributed by atoms with van der Waals surface area (Å²) in [6, 6.07) is 15.0. The average Bonchev–Trinajstić information content (AvgIpc) is 2.72. The Bertz CT molecular complexity index is 851. The second kappa shape index (κ2) is 10.2. The first-order valence-corrected chi connectivity index (χ1v) is 11.7. The van der Waals surface area contributed by atoms with E-state index < -0.39 is 10.1 Å². The van der Waals surface area contributed by atoms with Crippen molar-refractivity contribution in [1.82, 2.24) is 0 Å². The number of hydrogen-bond acceptors (Lipinski definition) is 5. The molecular formula is C23H30O5S. The molecule has 2 aromatic carbocycles. The van der Waals surface area contributed by atoms with Crippen molar-refractivity contribution in [1.29, 1.82) is 0 Å². The molecule has 0 aliphatic heterocycles. The molecule has 0 heterocycles. The largest absolute Gasteiger partial charge is 0.491 e. The SMILES string of the molecule is CCOCCOc1ccc([C@H]2CC[C@H](OS(=O)(=O)c3ccc(C)cc3)CC2)cc1. The summed E-state index contributed by atoms with van der Waals surface area (Å²) < 4.78 is 41.4. The van der Waals surface area contributed by atoms with Gasteiger partial charge in [0.05, 0.1) is 17.6 Å². The van der Waals surface area contributed by atoms with Crippen LogP contribution >= 0.6 is 0 Å². The zero-order valence-corrected chi connectivity index (χ0v) is 18.0. The van der Waals surface area contributed by atoms with Gasteiger partial charge in [0, 0.05) is 6.61 Å². The summed E-state index contributed by atoms with van der Waals surface area (Å²) in [6.45, 7) is 5.73. The smallest absolute Gasteiger partial charge is 0.297 e. The molecule has 0 amide bonds. The van der Waals surface area contributed by atoms with Crippen LogP contribution < -0.4 is 4.74 Å². The fraction of sp³-hybridized carbons (Fsp3) is 0.478. The molecule has 0 radical (unpaired) electrons. The van der Waals surface area contributed by atoms with Gasteiger partial charge in [-0.1, -0.05) is 29.8 Å². The molecular weight excluding hydrogens is 388 g/mol. The highest BCUT2D eigenvalue weighted by Gasteiger charge is 2.27. The highest BCUT2D eigenvalue weighted by molar-refractivity contribution is 7.86. The average molecular weight is 419 g/mol. The van der Waals surface area contributed by atoms with Gasteiger partial charge in [-0.3, -0.25) is 4.18 Å². The Balaban J connectivity index is 1.49. The van der Waals surface area contributed by atoms with Crippen molar-refractivity contribution in [2.45, 2.75) is 56.4 Å². The van der Waals surface area contributed by atoms with Crippen molar-refractivity contribution < 1.29 is 22.1 Å². The lowest BCUT2D eigenvalue weighted by atomic mass is 9.83. The summed E-state index contributed by atoms with van der Waals surface area (Å²) in [5.74, 6) is 1.27. The first-order chi connectivity index (χ1) is 14.0. The minimum Gasteiger partial charge on any atom is -0.491 e. The normalized spacial score (nSPS) is 19.8. The van der Waals surface area contributed by atoms with Gasteiger partial charge in [0.2, 0.25) is 0 Å². The third kappa shape index (κ3) is 6.29. The lowest BCUT2D eigenvalue weighted by Crippen LogP contribution is -2.24. The van der Waals surface area contributed by atoms with Crippen LogP contribution in [0.3, 0.4) is 0 Å². The molecule has 3 rings (SSSR count). The van der Waals surface area contributed by atoms with Crippen LogP contribution in [0.1, 0.15) is 49.7 Å². The molecule has 29 heavy (non-hydrogen) atoms. The van der Waals surface area contributed by atoms with Crippen molar-refractivity contribution in [2.24, 2.45) is 0 Å². The first kappa shape index (κ1) is 21.8. The van der Waals surface area contributed by atoms with Crippen molar-refractivity contribution in [3.63, 3.8) is 0 Å². The van der Waals surface area contributed by atoms with E-state index in [1.807, 2.05) is 26.0 Å². The number of ether oxygens (including phenoxy) is 2. The van der Waals surface area contributed by atoms with Crippen LogP contribution in [0.2, 0.25) is 0 Å². The standard InChI is InChI=1S/C23H30O5S/c1-3-26-16-17-27-21-10-6-19(7-11-21)20-8-12-22(13-9-20)28-29(24,25)23-14-4-18(2)5-15-23/h4-7,10-11,14-15,20,22H,3,8-9,12-13,16-17H2,1-2H3/t20-,22-. The van der Waals surface area contributed by atoms with Crippen LogP contribution in [0.25, 0.3) is 0 Å². The Morgan fingerprint density at radius 3 is 2.17 bits per heavy atom. The maximum atomic E-state index is 12.5. The molecule has 1 fully saturated rings. The molecule has 0 atom stereocenters. The highest BCUT2D eigenvalue weighted by Crippen LogP contribution is 2.35. The van der Waals surface area contributed by atoms with E-state index >= 15 is 0 Å². The summed E-state index contributed by atoms with van der Waals surface area (Å²) in [5, 5.41) is 0. The molecule has 0 bridgehead atoms. The maximum absolute atomic E-state index is 12.5. The monoisotopic (exact) mass is 418 g/mol. The summed E-state index contributed by atoms with van der Waals surface area (Å²) >= 11 is 0. The second-order valence-electron chi connectivity index (χ2n) is 7.45. The fourth-order valence-electron chi connectivity index (χ4n) is 3.63. The molecule has 6 heteroatoms. The minimum absolute atomic E-state index is 0.227. The minimum atomic E-state index is -3.70. The Labute approximate surface area is 174 Å². The lowest BCUT2D eigenvalue weighted by molar-refractivity contribution is 0.110. The van der Waals surface area contributed by atoms with Crippen molar-refractivity contribution in [2.75, 3.05) is 19.8 Å². The summed E-state index contributed by atoms with van der Waals surface area (Å²) in [7, 11) is -3.70. The van der Waals surface area contributed by atoms with E-state index in [9.17, 15) is 8.42 Å². The second-order valence-corrected chi connectivity index (χ2v) is 9.02. The Kier molecular flexibility index (Phi) is 7.70. The van der Waals surface area contributed by atoms with Gasteiger partial charge >= 0.3 is 0 Å². The topological polar surface area (TPSA) is 61.8 Å². The van der Waals surface area contributed by atoms with E-state index in [4.69, 9.17) is 13.7 Å². The third-order valence-corrected chi connectivity index (χ3v) is 6.67.